The number of nitrogens with zero attached hydrogens (tertiary/aromatic N) is 1. The highest BCUT2D eigenvalue weighted by Crippen LogP contribution is 2.41. The van der Waals surface area contributed by atoms with Crippen LogP contribution in [0.1, 0.15) is 36.2 Å². The third kappa shape index (κ3) is 23.9. The van der Waals surface area contributed by atoms with E-state index < -0.39 is 5.97 Å². The minimum atomic E-state index is -1.08. The van der Waals surface area contributed by atoms with Gasteiger partial charge in [-0.3, -0.25) is 0 Å². The van der Waals surface area contributed by atoms with Crippen LogP contribution in [0.5, 0.6) is 57.5 Å². The first-order valence-electron chi connectivity index (χ1n) is 29.8. The van der Waals surface area contributed by atoms with Gasteiger partial charge >= 0.3 is 5.97 Å². The van der Waals surface area contributed by atoms with Crippen molar-refractivity contribution in [3.8, 4) is 79.7 Å². The maximum Gasteiger partial charge on any atom is 0.354 e. The highest BCUT2D eigenvalue weighted by molar-refractivity contribution is 5.85. The Morgan fingerprint density at radius 3 is 1.07 bits per heavy atom. The molecule has 0 amide bonds. The first-order chi connectivity index (χ1) is 43.1. The van der Waals surface area contributed by atoms with Crippen molar-refractivity contribution in [2.45, 2.75) is 25.7 Å². The molecule has 6 aromatic rings. The summed E-state index contributed by atoms with van der Waals surface area (Å²) >= 11 is 0. The number of aromatic carboxylic acids is 1. The Labute approximate surface area is 508 Å². The number of carboxylic acid groups (broad SMARTS) is 1. The van der Waals surface area contributed by atoms with Gasteiger partial charge in [-0.2, -0.15) is 0 Å². The van der Waals surface area contributed by atoms with Crippen LogP contribution in [0.4, 0.5) is 0 Å². The van der Waals surface area contributed by atoms with E-state index in [0.717, 1.165) is 47.9 Å². The Morgan fingerprint density at radius 1 is 0.345 bits per heavy atom. The minimum absolute atomic E-state index is 0.0299. The van der Waals surface area contributed by atoms with Crippen LogP contribution in [0.3, 0.4) is 0 Å². The summed E-state index contributed by atoms with van der Waals surface area (Å²) in [4.78, 5) is 15.1. The van der Waals surface area contributed by atoms with E-state index in [1.54, 1.807) is 6.07 Å². The predicted molar refractivity (Wildman–Crippen MR) is 321 cm³/mol. The molecule has 5 aromatic carbocycles. The van der Waals surface area contributed by atoms with Crippen molar-refractivity contribution in [3.05, 3.63) is 127 Å². The maximum absolute atomic E-state index is 11.2. The van der Waals surface area contributed by atoms with Crippen LogP contribution in [0.25, 0.3) is 22.3 Å². The fourth-order valence-corrected chi connectivity index (χ4v) is 8.76. The lowest BCUT2D eigenvalue weighted by atomic mass is 9.97. The van der Waals surface area contributed by atoms with Gasteiger partial charge in [0.1, 0.15) is 70.0 Å². The van der Waals surface area contributed by atoms with Gasteiger partial charge in [0.05, 0.1) is 125 Å². The van der Waals surface area contributed by atoms with Crippen molar-refractivity contribution >= 4 is 5.97 Å². The van der Waals surface area contributed by atoms with Crippen LogP contribution in [0.2, 0.25) is 0 Å². The summed E-state index contributed by atoms with van der Waals surface area (Å²) in [6.45, 7) is 9.28. The first kappa shape index (κ1) is 65.4. The molecule has 8 rings (SSSR count). The molecule has 2 aliphatic rings. The summed E-state index contributed by atoms with van der Waals surface area (Å²) < 4.78 is 108. The summed E-state index contributed by atoms with van der Waals surface area (Å²) in [5, 5.41) is 9.16. The fourth-order valence-electron chi connectivity index (χ4n) is 8.76. The van der Waals surface area contributed by atoms with Gasteiger partial charge in [0.2, 0.25) is 0 Å². The lowest BCUT2D eigenvalue weighted by Gasteiger charge is -2.18. The zero-order chi connectivity index (χ0) is 60.0. The summed E-state index contributed by atoms with van der Waals surface area (Å²) in [5.74, 6) is 4.85. The van der Waals surface area contributed by atoms with Crippen LogP contribution < -0.4 is 47.4 Å². The molecular formula is C66H81NO20. The molecule has 0 radical (unpaired) electrons. The molecule has 1 N–H and O–H groups in total. The molecule has 0 atom stereocenters. The second-order valence-corrected chi connectivity index (χ2v) is 19.4. The van der Waals surface area contributed by atoms with Gasteiger partial charge in [0, 0.05) is 5.56 Å². The first-order valence-corrected chi connectivity index (χ1v) is 29.8. The molecule has 0 bridgehead atoms. The standard InChI is InChI=1S/C66H81NO20/c68-66(69)56-17-16-54(50-67-56)78-21-7-1-2-8-22-79-57-18-13-51(52-14-19-62-64(48-52)86-45-37-76-29-27-72-33-41-82-60-11-5-3-9-58(60)80-39-31-70-23-25-74-35-43-84-62)47-55(57)53-15-20-63-65(49-53)87-46-38-77-30-28-73-34-42-83-61-12-6-4-10-59(61)81-40-32-71-24-26-75-36-44-85-63/h3-6,9-20,47-50H,1-2,7-8,21-46H2,(H,68,69). The van der Waals surface area contributed by atoms with Gasteiger partial charge in [-0.25, -0.2) is 9.78 Å². The SMILES string of the molecule is O=C(O)c1ccc(OCCCCCCOc2ccc(-c3ccc4c(c3)OCCOCCOCCOc3ccccc3OCCOCCOCCO4)cc2-c2ccc3c(c2)OCCOCCOCCOc2ccccc2OCCOCCOCCO3)cn1. The summed E-state index contributed by atoms with van der Waals surface area (Å²) in [6.07, 6.45) is 4.84. The van der Waals surface area contributed by atoms with Gasteiger partial charge in [0.15, 0.2) is 46.0 Å². The van der Waals surface area contributed by atoms with Crippen LogP contribution >= 0.6 is 0 Å². The number of para-hydroxylation sites is 4. The molecule has 0 saturated heterocycles. The Bertz CT molecular complexity index is 2890. The quantitative estimate of drug-likeness (QED) is 0.113. The Hall–Kier alpha value is -7.60. The molecule has 21 heteroatoms. The molecule has 0 spiro atoms. The smallest absolute Gasteiger partial charge is 0.354 e. The third-order valence-electron chi connectivity index (χ3n) is 13.1. The number of carbonyl (C=O) groups is 1. The molecule has 87 heavy (non-hydrogen) atoms. The van der Waals surface area contributed by atoms with Crippen LogP contribution in [0.15, 0.2) is 121 Å². The number of ether oxygens (including phenoxy) is 18. The van der Waals surface area contributed by atoms with E-state index in [0.29, 0.717) is 203 Å². The summed E-state index contributed by atoms with van der Waals surface area (Å²) in [6, 6.07) is 35.9. The minimum Gasteiger partial charge on any atom is -0.493 e. The van der Waals surface area contributed by atoms with E-state index in [1.807, 2.05) is 97.1 Å². The second-order valence-electron chi connectivity index (χ2n) is 19.4. The van der Waals surface area contributed by atoms with Crippen LogP contribution in [0, 0.1) is 0 Å². The number of fused-ring (bicyclic) bond motifs is 4. The van der Waals surface area contributed by atoms with E-state index in [9.17, 15) is 4.79 Å². The summed E-state index contributed by atoms with van der Waals surface area (Å²) in [7, 11) is 0. The average Bonchev–Trinajstić information content (AvgIpc) is 2.38. The number of hydrogen-bond donors (Lipinski definition) is 1. The molecule has 3 heterocycles. The number of pyridine rings is 1. The number of unbranched alkanes of at least 4 members (excludes halogenated alkanes) is 3. The van der Waals surface area contributed by atoms with Crippen LogP contribution in [-0.4, -0.2) is 188 Å². The number of carboxylic acids is 1. The van der Waals surface area contributed by atoms with Crippen molar-refractivity contribution in [1.82, 2.24) is 4.98 Å². The zero-order valence-corrected chi connectivity index (χ0v) is 49.4. The Morgan fingerprint density at radius 2 is 0.678 bits per heavy atom. The number of rotatable bonds is 12. The normalized spacial score (nSPS) is 16.6. The third-order valence-corrected chi connectivity index (χ3v) is 13.1. The van der Waals surface area contributed by atoms with E-state index >= 15 is 0 Å². The highest BCUT2D eigenvalue weighted by Gasteiger charge is 2.17. The molecular weight excluding hydrogens is 1130 g/mol. The molecule has 0 unspecified atom stereocenters. The monoisotopic (exact) mass is 1210 g/mol. The van der Waals surface area contributed by atoms with Gasteiger partial charge in [-0.1, -0.05) is 42.5 Å². The van der Waals surface area contributed by atoms with Crippen LogP contribution in [-0.2, 0) is 37.9 Å². The molecule has 0 aliphatic carbocycles. The lowest BCUT2D eigenvalue weighted by Crippen LogP contribution is -2.15. The fraction of sp³-hybridized carbons (Fsp3) is 0.455. The largest absolute Gasteiger partial charge is 0.493 e. The van der Waals surface area contributed by atoms with Crippen molar-refractivity contribution in [2.24, 2.45) is 0 Å². The van der Waals surface area contributed by atoms with Gasteiger partial charge in [0.25, 0.3) is 0 Å². The number of benzene rings is 5. The second kappa shape index (κ2) is 39.2. The molecule has 1 aromatic heterocycles. The van der Waals surface area contributed by atoms with E-state index in [2.05, 4.69) is 11.1 Å². The highest BCUT2D eigenvalue weighted by atomic mass is 16.6. The molecule has 21 nitrogen and oxygen atoms in total. The lowest BCUT2D eigenvalue weighted by molar-refractivity contribution is 0.0223. The van der Waals surface area contributed by atoms with E-state index in [4.69, 9.17) is 90.4 Å². The van der Waals surface area contributed by atoms with Gasteiger partial charge in [-0.05, 0) is 115 Å². The number of hydrogen-bond acceptors (Lipinski definition) is 20. The summed E-state index contributed by atoms with van der Waals surface area (Å²) in [5.41, 5.74) is 3.41. The van der Waals surface area contributed by atoms with Gasteiger partial charge < -0.3 is 90.4 Å². The van der Waals surface area contributed by atoms with Crippen molar-refractivity contribution in [3.63, 3.8) is 0 Å². The zero-order valence-electron chi connectivity index (χ0n) is 49.4. The number of aromatic nitrogens is 1. The van der Waals surface area contributed by atoms with Crippen molar-refractivity contribution in [2.75, 3.05) is 172 Å². The Balaban J connectivity index is 0.944. The van der Waals surface area contributed by atoms with Crippen molar-refractivity contribution in [1.29, 1.82) is 0 Å². The van der Waals surface area contributed by atoms with Gasteiger partial charge in [-0.15, -0.1) is 0 Å². The van der Waals surface area contributed by atoms with Crippen molar-refractivity contribution < 1.29 is 95.2 Å². The predicted octanol–water partition coefficient (Wildman–Crippen LogP) is 9.72. The topological polar surface area (TPSA) is 216 Å². The van der Waals surface area contributed by atoms with E-state index in [-0.39, 0.29) is 32.1 Å². The Kier molecular flexibility index (Phi) is 29.5. The van der Waals surface area contributed by atoms with E-state index in [1.165, 1.54) is 12.3 Å². The maximum atomic E-state index is 11.2. The molecule has 0 saturated carbocycles. The average molecular weight is 1210 g/mol. The molecule has 470 valence electrons. The molecule has 2 aliphatic heterocycles. The molecule has 0 fully saturated rings.